The van der Waals surface area contributed by atoms with Crippen molar-refractivity contribution >= 4 is 40.3 Å². The fourth-order valence-corrected chi connectivity index (χ4v) is 3.67. The van der Waals surface area contributed by atoms with Crippen LogP contribution in [0.2, 0.25) is 5.02 Å². The summed E-state index contributed by atoms with van der Waals surface area (Å²) < 4.78 is 29.2. The lowest BCUT2D eigenvalue weighted by atomic mass is 9.92. The molecule has 0 aliphatic heterocycles. The number of aryl methyl sites for hydroxylation is 2. The number of rotatable bonds is 2. The third-order valence-corrected chi connectivity index (χ3v) is 5.29. The van der Waals surface area contributed by atoms with Gasteiger partial charge in [0.25, 0.3) is 0 Å². The van der Waals surface area contributed by atoms with Gasteiger partial charge in [0.15, 0.2) is 3.95 Å². The number of hydrogen-bond acceptors (Lipinski definition) is 6. The summed E-state index contributed by atoms with van der Waals surface area (Å²) in [7, 11) is 0. The number of nitrogens with one attached hydrogen (secondary N) is 1. The molecule has 0 fully saturated rings. The lowest BCUT2D eigenvalue weighted by molar-refractivity contribution is 0.589. The van der Waals surface area contributed by atoms with Crippen molar-refractivity contribution in [2.75, 3.05) is 5.73 Å². The van der Waals surface area contributed by atoms with Crippen LogP contribution in [0.4, 0.5) is 13.9 Å². The molecule has 4 aromatic rings. The van der Waals surface area contributed by atoms with Crippen molar-refractivity contribution in [3.8, 4) is 22.3 Å². The molecule has 0 atom stereocenters. The summed E-state index contributed by atoms with van der Waals surface area (Å²) in [6.45, 7) is 3.45. The number of benzene rings is 2. The minimum Gasteiger partial charge on any atom is -0.374 e. The van der Waals surface area contributed by atoms with E-state index in [4.69, 9.17) is 17.3 Å². The minimum absolute atomic E-state index is 0.0899. The van der Waals surface area contributed by atoms with Gasteiger partial charge in [0.1, 0.15) is 11.6 Å². The van der Waals surface area contributed by atoms with E-state index in [2.05, 4.69) is 32.6 Å². The van der Waals surface area contributed by atoms with Gasteiger partial charge in [-0.3, -0.25) is 5.10 Å². The molecule has 2 aromatic heterocycles. The molecule has 0 aliphatic carbocycles. The topological polar surface area (TPSA) is 80.5 Å². The maximum atomic E-state index is 14.3. The first-order valence-corrected chi connectivity index (χ1v) is 10.2. The van der Waals surface area contributed by atoms with Crippen LogP contribution in [0.5, 0.6) is 0 Å². The van der Waals surface area contributed by atoms with Gasteiger partial charge in [-0.1, -0.05) is 41.1 Å². The van der Waals surface area contributed by atoms with E-state index in [0.717, 1.165) is 5.56 Å². The third kappa shape index (κ3) is 4.86. The fourth-order valence-electron chi connectivity index (χ4n) is 2.87. The Hall–Kier alpha value is -2.75. The number of H-pyrrole nitrogens is 1. The van der Waals surface area contributed by atoms with Crippen molar-refractivity contribution in [1.29, 1.82) is 0 Å². The molecule has 0 bridgehead atoms. The van der Waals surface area contributed by atoms with E-state index < -0.39 is 11.6 Å². The molecule has 30 heavy (non-hydrogen) atoms. The Bertz CT molecular complexity index is 1220. The summed E-state index contributed by atoms with van der Waals surface area (Å²) in [6, 6.07) is 10.9. The number of nitrogens with two attached hydrogens (primary N) is 1. The van der Waals surface area contributed by atoms with E-state index in [9.17, 15) is 8.78 Å². The van der Waals surface area contributed by atoms with Crippen molar-refractivity contribution in [3.63, 3.8) is 0 Å². The highest BCUT2D eigenvalue weighted by atomic mass is 35.5. The molecule has 10 heteroatoms. The van der Waals surface area contributed by atoms with Gasteiger partial charge in [-0.15, -0.1) is 5.10 Å². The van der Waals surface area contributed by atoms with Crippen molar-refractivity contribution in [2.45, 2.75) is 13.8 Å². The summed E-state index contributed by atoms with van der Waals surface area (Å²) in [4.78, 5) is 0. The van der Waals surface area contributed by atoms with Gasteiger partial charge in [0.2, 0.25) is 5.13 Å². The van der Waals surface area contributed by atoms with Crippen molar-refractivity contribution in [1.82, 2.24) is 20.4 Å². The van der Waals surface area contributed by atoms with Crippen LogP contribution in [-0.2, 0) is 0 Å². The molecular weight excluding hydrogens is 448 g/mol. The van der Waals surface area contributed by atoms with Gasteiger partial charge in [0.05, 0.1) is 17.0 Å². The molecule has 0 aliphatic rings. The maximum absolute atomic E-state index is 14.3. The largest absolute Gasteiger partial charge is 0.374 e. The number of aromatic nitrogens is 4. The normalized spacial score (nSPS) is 10.4. The lowest BCUT2D eigenvalue weighted by Crippen LogP contribution is -2.02. The molecule has 154 valence electrons. The highest BCUT2D eigenvalue weighted by Gasteiger charge is 2.21. The van der Waals surface area contributed by atoms with Crippen LogP contribution in [0, 0.1) is 29.4 Å². The van der Waals surface area contributed by atoms with Crippen LogP contribution in [0.3, 0.4) is 0 Å². The summed E-state index contributed by atoms with van der Waals surface area (Å²) in [5, 5.41) is 15.3. The van der Waals surface area contributed by atoms with E-state index in [1.54, 1.807) is 38.1 Å². The molecule has 0 unspecified atom stereocenters. The highest BCUT2D eigenvalue weighted by Crippen LogP contribution is 2.38. The van der Waals surface area contributed by atoms with Gasteiger partial charge in [0, 0.05) is 16.1 Å². The maximum Gasteiger partial charge on any atom is 0.201 e. The van der Waals surface area contributed by atoms with E-state index in [0.29, 0.717) is 36.6 Å². The summed E-state index contributed by atoms with van der Waals surface area (Å²) >= 11 is 11.9. The number of aromatic amines is 1. The standard InChI is InChI=1S/C18H13ClF2N2.C2H3N3S2/c1-10-16(12-6-8-13(19)9-7-12)17(11(2)23-22-10)18-14(20)4-3-5-15(18)21;3-1-4-5-2(6)7-1/h3-9H,1-2H3;(H2,3,4)(H,5,6). The molecular formula is C20H16ClF2N5S2. The minimum atomic E-state index is -0.629. The third-order valence-electron chi connectivity index (χ3n) is 4.12. The number of nitrogens with zero attached hydrogens (tertiary/aromatic N) is 3. The Morgan fingerprint density at radius 1 is 0.933 bits per heavy atom. The SMILES string of the molecule is Cc1nnc(C)c(-c2c(F)cccc2F)c1-c1ccc(Cl)cc1.Nc1n[nH]c(=S)s1. The van der Waals surface area contributed by atoms with Gasteiger partial charge in [-0.25, -0.2) is 8.78 Å². The lowest BCUT2D eigenvalue weighted by Gasteiger charge is -2.15. The zero-order valence-electron chi connectivity index (χ0n) is 15.9. The van der Waals surface area contributed by atoms with Crippen molar-refractivity contribution in [3.05, 3.63) is 74.5 Å². The Labute approximate surface area is 185 Å². The summed E-state index contributed by atoms with van der Waals surface area (Å²) in [5.41, 5.74) is 8.00. The molecule has 5 nitrogen and oxygen atoms in total. The van der Waals surface area contributed by atoms with E-state index in [-0.39, 0.29) is 5.56 Å². The predicted molar refractivity (Wildman–Crippen MR) is 119 cm³/mol. The second-order valence-corrected chi connectivity index (χ2v) is 8.31. The van der Waals surface area contributed by atoms with Crippen LogP contribution in [0.1, 0.15) is 11.4 Å². The van der Waals surface area contributed by atoms with Gasteiger partial charge < -0.3 is 5.73 Å². The summed E-state index contributed by atoms with van der Waals surface area (Å²) in [5.74, 6) is -1.26. The second-order valence-electron chi connectivity index (χ2n) is 6.18. The van der Waals surface area contributed by atoms with Crippen LogP contribution in [0.15, 0.2) is 42.5 Å². The van der Waals surface area contributed by atoms with E-state index >= 15 is 0 Å². The Morgan fingerprint density at radius 2 is 1.50 bits per heavy atom. The average Bonchev–Trinajstić information content (AvgIpc) is 3.08. The number of anilines is 1. The van der Waals surface area contributed by atoms with Crippen LogP contribution in [-0.4, -0.2) is 20.4 Å². The van der Waals surface area contributed by atoms with Gasteiger partial charge >= 0.3 is 0 Å². The van der Waals surface area contributed by atoms with Crippen LogP contribution < -0.4 is 5.73 Å². The van der Waals surface area contributed by atoms with E-state index in [1.807, 2.05) is 0 Å². The molecule has 2 aromatic carbocycles. The number of hydrogen-bond donors (Lipinski definition) is 2. The highest BCUT2D eigenvalue weighted by molar-refractivity contribution is 7.73. The smallest absolute Gasteiger partial charge is 0.201 e. The second kappa shape index (κ2) is 9.38. The molecule has 0 saturated heterocycles. The molecule has 0 radical (unpaired) electrons. The fraction of sp³-hybridized carbons (Fsp3) is 0.100. The van der Waals surface area contributed by atoms with Crippen molar-refractivity contribution in [2.24, 2.45) is 0 Å². The van der Waals surface area contributed by atoms with Gasteiger partial charge in [-0.2, -0.15) is 10.2 Å². The Balaban J connectivity index is 0.000000310. The molecule has 2 heterocycles. The van der Waals surface area contributed by atoms with Crippen LogP contribution >= 0.6 is 35.2 Å². The molecule has 0 spiro atoms. The molecule has 4 rings (SSSR count). The average molecular weight is 464 g/mol. The Morgan fingerprint density at radius 3 is 1.97 bits per heavy atom. The molecule has 0 amide bonds. The first-order valence-electron chi connectivity index (χ1n) is 8.63. The van der Waals surface area contributed by atoms with Crippen LogP contribution in [0.25, 0.3) is 22.3 Å². The zero-order valence-corrected chi connectivity index (χ0v) is 18.3. The molecule has 0 saturated carbocycles. The van der Waals surface area contributed by atoms with Gasteiger partial charge in [-0.05, 0) is 55.9 Å². The number of nitrogen functional groups attached to an aromatic ring is 1. The Kier molecular flexibility index (Phi) is 6.86. The predicted octanol–water partition coefficient (Wildman–Crippen LogP) is 6.14. The number of halogens is 3. The first kappa shape index (κ1) is 21.9. The summed E-state index contributed by atoms with van der Waals surface area (Å²) in [6.07, 6.45) is 0. The monoisotopic (exact) mass is 463 g/mol. The van der Waals surface area contributed by atoms with Crippen molar-refractivity contribution < 1.29 is 8.78 Å². The first-order chi connectivity index (χ1) is 14.3. The molecule has 3 N–H and O–H groups in total. The quantitative estimate of drug-likeness (QED) is 0.349. The zero-order chi connectivity index (χ0) is 21.8. The van der Waals surface area contributed by atoms with E-state index in [1.165, 1.54) is 29.5 Å².